The smallest absolute Gasteiger partial charge is 0.410 e. The molecule has 134 valence electrons. The van der Waals surface area contributed by atoms with E-state index in [1.165, 1.54) is 38.5 Å². The van der Waals surface area contributed by atoms with E-state index in [1.807, 2.05) is 25.7 Å². The number of carbonyl (C=O) groups excluding carboxylic acids is 1. The van der Waals surface area contributed by atoms with Gasteiger partial charge in [0, 0.05) is 25.2 Å². The lowest BCUT2D eigenvalue weighted by Gasteiger charge is -2.37. The fourth-order valence-corrected chi connectivity index (χ4v) is 3.67. The van der Waals surface area contributed by atoms with Crippen LogP contribution in [0.1, 0.15) is 79.6 Å². The summed E-state index contributed by atoms with van der Waals surface area (Å²) >= 11 is 0. The molecule has 2 rings (SSSR count). The molecule has 4 nitrogen and oxygen atoms in total. The van der Waals surface area contributed by atoms with Crippen molar-refractivity contribution in [3.63, 3.8) is 0 Å². The zero-order valence-electron chi connectivity index (χ0n) is 15.8. The molecular formula is C19H36N2O2. The highest BCUT2D eigenvalue weighted by Gasteiger charge is 2.30. The Bertz CT molecular complexity index is 391. The number of hydrogen-bond acceptors (Lipinski definition) is 3. The molecule has 1 saturated carbocycles. The number of likely N-dealkylation sites (tertiary alicyclic amines) is 1. The summed E-state index contributed by atoms with van der Waals surface area (Å²) in [5, 5.41) is 3.83. The Morgan fingerprint density at radius 1 is 1.09 bits per heavy atom. The van der Waals surface area contributed by atoms with E-state index in [1.54, 1.807) is 0 Å². The summed E-state index contributed by atoms with van der Waals surface area (Å²) in [6.07, 6.45) is 8.39. The van der Waals surface area contributed by atoms with Gasteiger partial charge >= 0.3 is 6.09 Å². The Balaban J connectivity index is 1.86. The standard InChI is InChI=1S/C19H36N2O2/c1-18(2,3)23-17(22)21-13-7-6-8-16(14-21)20-15-9-11-19(4,5)12-10-15/h15-16,20H,6-14H2,1-5H3. The highest BCUT2D eigenvalue weighted by molar-refractivity contribution is 5.68. The number of ether oxygens (including phenoxy) is 1. The third-order valence-electron chi connectivity index (χ3n) is 5.13. The van der Waals surface area contributed by atoms with E-state index in [2.05, 4.69) is 19.2 Å². The molecule has 0 aromatic carbocycles. The molecule has 1 heterocycles. The highest BCUT2D eigenvalue weighted by Crippen LogP contribution is 2.35. The van der Waals surface area contributed by atoms with Crippen molar-refractivity contribution in [3.05, 3.63) is 0 Å². The third-order valence-corrected chi connectivity index (χ3v) is 5.13. The molecular weight excluding hydrogens is 288 g/mol. The molecule has 1 atom stereocenters. The fourth-order valence-electron chi connectivity index (χ4n) is 3.67. The van der Waals surface area contributed by atoms with Crippen molar-refractivity contribution in [2.45, 2.75) is 97.2 Å². The number of amides is 1. The van der Waals surface area contributed by atoms with Crippen LogP contribution in [0.5, 0.6) is 0 Å². The van der Waals surface area contributed by atoms with Gasteiger partial charge in [-0.3, -0.25) is 0 Å². The summed E-state index contributed by atoms with van der Waals surface area (Å²) in [6.45, 7) is 12.2. The van der Waals surface area contributed by atoms with Gasteiger partial charge in [-0.2, -0.15) is 0 Å². The molecule has 2 fully saturated rings. The lowest BCUT2D eigenvalue weighted by molar-refractivity contribution is 0.0239. The third kappa shape index (κ3) is 6.33. The summed E-state index contributed by atoms with van der Waals surface area (Å²) in [5.74, 6) is 0. The van der Waals surface area contributed by atoms with Crippen LogP contribution < -0.4 is 5.32 Å². The van der Waals surface area contributed by atoms with Gasteiger partial charge in [0.25, 0.3) is 0 Å². The molecule has 23 heavy (non-hydrogen) atoms. The van der Waals surface area contributed by atoms with Crippen molar-refractivity contribution in [1.29, 1.82) is 0 Å². The minimum Gasteiger partial charge on any atom is -0.444 e. The van der Waals surface area contributed by atoms with Crippen molar-refractivity contribution in [2.75, 3.05) is 13.1 Å². The number of carbonyl (C=O) groups is 1. The van der Waals surface area contributed by atoms with Gasteiger partial charge in [0.15, 0.2) is 0 Å². The van der Waals surface area contributed by atoms with Crippen molar-refractivity contribution in [3.8, 4) is 0 Å². The van der Waals surface area contributed by atoms with Crippen LogP contribution in [0.2, 0.25) is 0 Å². The Kier molecular flexibility index (Phi) is 5.99. The minimum absolute atomic E-state index is 0.157. The largest absolute Gasteiger partial charge is 0.444 e. The van der Waals surface area contributed by atoms with Gasteiger partial charge in [-0.15, -0.1) is 0 Å². The molecule has 1 saturated heterocycles. The molecule has 0 spiro atoms. The van der Waals surface area contributed by atoms with Gasteiger partial charge in [-0.1, -0.05) is 20.3 Å². The minimum atomic E-state index is -0.415. The summed E-state index contributed by atoms with van der Waals surface area (Å²) in [7, 11) is 0. The number of nitrogens with one attached hydrogen (secondary N) is 1. The molecule has 0 radical (unpaired) electrons. The first-order valence-corrected chi connectivity index (χ1v) is 9.39. The lowest BCUT2D eigenvalue weighted by Crippen LogP contribution is -2.48. The van der Waals surface area contributed by atoms with Crippen LogP contribution in [-0.4, -0.2) is 41.8 Å². The molecule has 1 unspecified atom stereocenters. The predicted molar refractivity (Wildman–Crippen MR) is 94.6 cm³/mol. The topological polar surface area (TPSA) is 41.6 Å². The zero-order chi connectivity index (χ0) is 17.1. The molecule has 1 aliphatic carbocycles. The molecule has 0 aromatic rings. The zero-order valence-corrected chi connectivity index (χ0v) is 15.8. The second-order valence-electron chi connectivity index (χ2n) is 9.22. The Morgan fingerprint density at radius 2 is 1.74 bits per heavy atom. The summed E-state index contributed by atoms with van der Waals surface area (Å²) < 4.78 is 5.56. The summed E-state index contributed by atoms with van der Waals surface area (Å²) in [4.78, 5) is 14.3. The van der Waals surface area contributed by atoms with E-state index in [0.29, 0.717) is 17.5 Å². The Morgan fingerprint density at radius 3 is 2.35 bits per heavy atom. The number of nitrogens with zero attached hydrogens (tertiary/aromatic N) is 1. The molecule has 0 aromatic heterocycles. The summed E-state index contributed by atoms with van der Waals surface area (Å²) in [6, 6.07) is 1.03. The van der Waals surface area contributed by atoms with Crippen LogP contribution in [0.15, 0.2) is 0 Å². The molecule has 1 N–H and O–H groups in total. The van der Waals surface area contributed by atoms with Crippen molar-refractivity contribution >= 4 is 6.09 Å². The Labute approximate surface area is 142 Å². The van der Waals surface area contributed by atoms with Gasteiger partial charge < -0.3 is 15.0 Å². The maximum atomic E-state index is 12.4. The quantitative estimate of drug-likeness (QED) is 0.822. The second kappa shape index (κ2) is 7.42. The maximum Gasteiger partial charge on any atom is 0.410 e. The average Bonchev–Trinajstić information content (AvgIpc) is 2.65. The molecule has 0 bridgehead atoms. The van der Waals surface area contributed by atoms with Crippen LogP contribution >= 0.6 is 0 Å². The number of hydrogen-bond donors (Lipinski definition) is 1. The Hall–Kier alpha value is -0.770. The van der Waals surface area contributed by atoms with Crippen LogP contribution in [0.4, 0.5) is 4.79 Å². The van der Waals surface area contributed by atoms with Crippen molar-refractivity contribution in [1.82, 2.24) is 10.2 Å². The fraction of sp³-hybridized carbons (Fsp3) is 0.947. The van der Waals surface area contributed by atoms with Gasteiger partial charge in [0.05, 0.1) is 0 Å². The molecule has 1 aliphatic heterocycles. The first-order valence-electron chi connectivity index (χ1n) is 9.39. The van der Waals surface area contributed by atoms with Crippen LogP contribution in [0.25, 0.3) is 0 Å². The van der Waals surface area contributed by atoms with E-state index in [4.69, 9.17) is 4.74 Å². The highest BCUT2D eigenvalue weighted by atomic mass is 16.6. The van der Waals surface area contributed by atoms with Crippen LogP contribution in [-0.2, 0) is 4.74 Å². The van der Waals surface area contributed by atoms with Crippen LogP contribution in [0.3, 0.4) is 0 Å². The van der Waals surface area contributed by atoms with Crippen molar-refractivity contribution in [2.24, 2.45) is 5.41 Å². The SMILES string of the molecule is CC1(C)CCC(NC2CCCCN(C(=O)OC(C)(C)C)C2)CC1. The normalized spacial score (nSPS) is 26.7. The van der Waals surface area contributed by atoms with Gasteiger partial charge in [0.1, 0.15) is 5.60 Å². The van der Waals surface area contributed by atoms with E-state index in [0.717, 1.165) is 19.5 Å². The molecule has 4 heteroatoms. The predicted octanol–water partition coefficient (Wildman–Crippen LogP) is 4.33. The molecule has 2 aliphatic rings. The first kappa shape index (κ1) is 18.6. The molecule has 1 amide bonds. The van der Waals surface area contributed by atoms with E-state index >= 15 is 0 Å². The maximum absolute atomic E-state index is 12.4. The van der Waals surface area contributed by atoms with Gasteiger partial charge in [-0.05, 0) is 64.7 Å². The van der Waals surface area contributed by atoms with Gasteiger partial charge in [0.2, 0.25) is 0 Å². The first-order chi connectivity index (χ1) is 10.6. The van der Waals surface area contributed by atoms with E-state index in [-0.39, 0.29) is 6.09 Å². The van der Waals surface area contributed by atoms with E-state index in [9.17, 15) is 4.79 Å². The average molecular weight is 325 g/mol. The van der Waals surface area contributed by atoms with Crippen molar-refractivity contribution < 1.29 is 9.53 Å². The summed E-state index contributed by atoms with van der Waals surface area (Å²) in [5.41, 5.74) is 0.0887. The van der Waals surface area contributed by atoms with Gasteiger partial charge in [-0.25, -0.2) is 4.79 Å². The second-order valence-corrected chi connectivity index (χ2v) is 9.22. The van der Waals surface area contributed by atoms with Crippen LogP contribution in [0, 0.1) is 5.41 Å². The van der Waals surface area contributed by atoms with E-state index < -0.39 is 5.60 Å². The monoisotopic (exact) mass is 324 g/mol. The lowest BCUT2D eigenvalue weighted by atomic mass is 9.75. The number of rotatable bonds is 2.